The fourth-order valence-electron chi connectivity index (χ4n) is 4.59. The third-order valence-corrected chi connectivity index (χ3v) is 5.62. The van der Waals surface area contributed by atoms with Gasteiger partial charge >= 0.3 is 0 Å². The molecule has 3 aliphatic rings. The van der Waals surface area contributed by atoms with Crippen LogP contribution in [0.3, 0.4) is 0 Å². The molecule has 0 amide bonds. The molecule has 2 unspecified atom stereocenters. The molecule has 0 aromatic heterocycles. The zero-order valence-electron chi connectivity index (χ0n) is 12.2. The van der Waals surface area contributed by atoms with E-state index in [0.717, 1.165) is 30.7 Å². The third kappa shape index (κ3) is 2.04. The predicted octanol–water partition coefficient (Wildman–Crippen LogP) is 2.25. The second-order valence-corrected chi connectivity index (χ2v) is 6.66. The van der Waals surface area contributed by atoms with Gasteiger partial charge in [-0.3, -0.25) is 9.80 Å². The number of benzene rings is 1. The lowest BCUT2D eigenvalue weighted by Gasteiger charge is -2.40. The van der Waals surface area contributed by atoms with Crippen LogP contribution in [0.5, 0.6) is 0 Å². The van der Waals surface area contributed by atoms with Gasteiger partial charge in [0.2, 0.25) is 0 Å². The summed E-state index contributed by atoms with van der Waals surface area (Å²) in [5, 5.41) is 0. The lowest BCUT2D eigenvalue weighted by atomic mass is 9.93. The molecule has 4 rings (SSSR count). The minimum Gasteiger partial charge on any atom is -0.398 e. The molecule has 108 valence electrons. The van der Waals surface area contributed by atoms with Crippen LogP contribution < -0.4 is 5.73 Å². The summed E-state index contributed by atoms with van der Waals surface area (Å²) in [6, 6.07) is 8.04. The second kappa shape index (κ2) is 5.05. The molecule has 1 aromatic carbocycles. The summed E-state index contributed by atoms with van der Waals surface area (Å²) in [7, 11) is 0. The summed E-state index contributed by atoms with van der Waals surface area (Å²) in [5.41, 5.74) is 9.98. The van der Waals surface area contributed by atoms with Crippen LogP contribution in [0.4, 0.5) is 5.69 Å². The fourth-order valence-corrected chi connectivity index (χ4v) is 4.59. The highest BCUT2D eigenvalue weighted by Gasteiger charge is 2.39. The van der Waals surface area contributed by atoms with Crippen LogP contribution >= 0.6 is 0 Å². The summed E-state index contributed by atoms with van der Waals surface area (Å²) in [6.07, 6.45) is 6.73. The number of piperidine rings is 1. The van der Waals surface area contributed by atoms with Crippen LogP contribution in [-0.2, 0) is 13.0 Å². The SMILES string of the molecule is Nc1cccc2c1CCN(C1CCN3CCCCC13)C2. The van der Waals surface area contributed by atoms with Crippen molar-refractivity contribution in [3.05, 3.63) is 29.3 Å². The van der Waals surface area contributed by atoms with Gasteiger partial charge in [0.05, 0.1) is 0 Å². The topological polar surface area (TPSA) is 32.5 Å². The Morgan fingerprint density at radius 1 is 0.950 bits per heavy atom. The lowest BCUT2D eigenvalue weighted by Crippen LogP contribution is -2.48. The highest BCUT2D eigenvalue weighted by Crippen LogP contribution is 2.34. The molecular formula is C17H25N3. The molecule has 0 saturated carbocycles. The molecule has 2 atom stereocenters. The van der Waals surface area contributed by atoms with Gasteiger partial charge in [-0.25, -0.2) is 0 Å². The first-order valence-electron chi connectivity index (χ1n) is 8.17. The van der Waals surface area contributed by atoms with E-state index in [2.05, 4.69) is 21.9 Å². The number of nitrogen functional groups attached to an aromatic ring is 1. The molecule has 0 radical (unpaired) electrons. The Morgan fingerprint density at radius 2 is 1.85 bits per heavy atom. The summed E-state index contributed by atoms with van der Waals surface area (Å²) >= 11 is 0. The quantitative estimate of drug-likeness (QED) is 0.795. The predicted molar refractivity (Wildman–Crippen MR) is 82.6 cm³/mol. The van der Waals surface area contributed by atoms with E-state index < -0.39 is 0 Å². The first-order valence-corrected chi connectivity index (χ1v) is 8.17. The second-order valence-electron chi connectivity index (χ2n) is 6.66. The number of fused-ring (bicyclic) bond motifs is 2. The minimum absolute atomic E-state index is 0.782. The van der Waals surface area contributed by atoms with E-state index in [1.165, 1.54) is 56.4 Å². The maximum absolute atomic E-state index is 6.12. The Bertz CT molecular complexity index is 499. The molecule has 3 heterocycles. The smallest absolute Gasteiger partial charge is 0.0350 e. The summed E-state index contributed by atoms with van der Waals surface area (Å²) in [5.74, 6) is 0. The van der Waals surface area contributed by atoms with Crippen LogP contribution in [0, 0.1) is 0 Å². The van der Waals surface area contributed by atoms with Crippen LogP contribution in [0.15, 0.2) is 18.2 Å². The molecule has 20 heavy (non-hydrogen) atoms. The first-order chi connectivity index (χ1) is 9.83. The van der Waals surface area contributed by atoms with E-state index in [9.17, 15) is 0 Å². The molecule has 0 aliphatic carbocycles. The molecule has 2 N–H and O–H groups in total. The van der Waals surface area contributed by atoms with Crippen LogP contribution in [0.25, 0.3) is 0 Å². The van der Waals surface area contributed by atoms with Gasteiger partial charge in [0.15, 0.2) is 0 Å². The Hall–Kier alpha value is -1.06. The normalized spacial score (nSPS) is 31.0. The van der Waals surface area contributed by atoms with Gasteiger partial charge in [-0.15, -0.1) is 0 Å². The maximum atomic E-state index is 6.12. The molecule has 1 aromatic rings. The monoisotopic (exact) mass is 271 g/mol. The van der Waals surface area contributed by atoms with Gasteiger partial charge in [0, 0.05) is 37.4 Å². The standard InChI is InChI=1S/C17H25N3/c18-15-5-3-4-13-12-20(10-7-14(13)15)17-8-11-19-9-2-1-6-16(17)19/h3-5,16-17H,1-2,6-12,18H2. The number of hydrogen-bond acceptors (Lipinski definition) is 3. The maximum Gasteiger partial charge on any atom is 0.0350 e. The van der Waals surface area contributed by atoms with E-state index in [0.29, 0.717) is 0 Å². The molecule has 0 bridgehead atoms. The highest BCUT2D eigenvalue weighted by atomic mass is 15.3. The van der Waals surface area contributed by atoms with Gasteiger partial charge in [-0.1, -0.05) is 18.6 Å². The minimum atomic E-state index is 0.782. The van der Waals surface area contributed by atoms with E-state index in [-0.39, 0.29) is 0 Å². The van der Waals surface area contributed by atoms with Crippen molar-refractivity contribution in [1.29, 1.82) is 0 Å². The van der Waals surface area contributed by atoms with Crippen molar-refractivity contribution in [3.63, 3.8) is 0 Å². The van der Waals surface area contributed by atoms with Crippen molar-refractivity contribution < 1.29 is 0 Å². The number of rotatable bonds is 1. The molecule has 3 nitrogen and oxygen atoms in total. The summed E-state index contributed by atoms with van der Waals surface area (Å²) < 4.78 is 0. The lowest BCUT2D eigenvalue weighted by molar-refractivity contribution is 0.105. The van der Waals surface area contributed by atoms with Crippen molar-refractivity contribution in [3.8, 4) is 0 Å². The highest BCUT2D eigenvalue weighted by molar-refractivity contribution is 5.51. The summed E-state index contributed by atoms with van der Waals surface area (Å²) in [4.78, 5) is 5.47. The molecule has 2 fully saturated rings. The van der Waals surface area contributed by atoms with Crippen LogP contribution in [0.2, 0.25) is 0 Å². The number of anilines is 1. The number of nitrogens with zero attached hydrogens (tertiary/aromatic N) is 2. The largest absolute Gasteiger partial charge is 0.398 e. The third-order valence-electron chi connectivity index (χ3n) is 5.62. The van der Waals surface area contributed by atoms with E-state index >= 15 is 0 Å². The number of hydrogen-bond donors (Lipinski definition) is 1. The average Bonchev–Trinajstić information content (AvgIpc) is 2.91. The van der Waals surface area contributed by atoms with Crippen molar-refractivity contribution in [2.24, 2.45) is 0 Å². The molecule has 2 saturated heterocycles. The van der Waals surface area contributed by atoms with Crippen LogP contribution in [-0.4, -0.2) is 41.5 Å². The Balaban J connectivity index is 1.53. The zero-order valence-corrected chi connectivity index (χ0v) is 12.2. The van der Waals surface area contributed by atoms with E-state index in [1.807, 2.05) is 6.07 Å². The Kier molecular flexibility index (Phi) is 3.20. The van der Waals surface area contributed by atoms with Gasteiger partial charge in [-0.05, 0) is 49.4 Å². The van der Waals surface area contributed by atoms with E-state index in [1.54, 1.807) is 0 Å². The Morgan fingerprint density at radius 3 is 2.80 bits per heavy atom. The van der Waals surface area contributed by atoms with Crippen LogP contribution in [0.1, 0.15) is 36.8 Å². The van der Waals surface area contributed by atoms with Crippen molar-refractivity contribution in [2.75, 3.05) is 25.4 Å². The van der Waals surface area contributed by atoms with E-state index in [4.69, 9.17) is 5.73 Å². The molecule has 3 aliphatic heterocycles. The molecule has 3 heteroatoms. The van der Waals surface area contributed by atoms with Crippen molar-refractivity contribution >= 4 is 5.69 Å². The van der Waals surface area contributed by atoms with Gasteiger partial charge in [0.1, 0.15) is 0 Å². The number of nitrogens with two attached hydrogens (primary N) is 1. The average molecular weight is 271 g/mol. The fraction of sp³-hybridized carbons (Fsp3) is 0.647. The van der Waals surface area contributed by atoms with Crippen molar-refractivity contribution in [1.82, 2.24) is 9.80 Å². The summed E-state index contributed by atoms with van der Waals surface area (Å²) in [6.45, 7) is 4.94. The van der Waals surface area contributed by atoms with Gasteiger partial charge < -0.3 is 5.73 Å². The Labute approximate surface area is 121 Å². The zero-order chi connectivity index (χ0) is 13.5. The molecular weight excluding hydrogens is 246 g/mol. The van der Waals surface area contributed by atoms with Gasteiger partial charge in [0.25, 0.3) is 0 Å². The first kappa shape index (κ1) is 12.7. The van der Waals surface area contributed by atoms with Gasteiger partial charge in [-0.2, -0.15) is 0 Å². The van der Waals surface area contributed by atoms with Crippen molar-refractivity contribution in [2.45, 2.75) is 50.7 Å². The molecule has 0 spiro atoms.